The zero-order valence-electron chi connectivity index (χ0n) is 9.68. The van der Waals surface area contributed by atoms with Gasteiger partial charge in [-0.25, -0.2) is 0 Å². The highest BCUT2D eigenvalue weighted by Gasteiger charge is 2.23. The molecule has 0 amide bonds. The van der Waals surface area contributed by atoms with Gasteiger partial charge in [-0.15, -0.1) is 11.3 Å². The maximum absolute atomic E-state index is 12.2. The van der Waals surface area contributed by atoms with Crippen LogP contribution in [0.4, 0.5) is 0 Å². The van der Waals surface area contributed by atoms with Crippen LogP contribution in [0.3, 0.4) is 0 Å². The molecule has 4 heteroatoms. The molecular formula is C14H10ClNOS. The van der Waals surface area contributed by atoms with Crippen molar-refractivity contribution in [3.8, 4) is 6.07 Å². The molecule has 0 aliphatic rings. The van der Waals surface area contributed by atoms with Crippen LogP contribution in [0, 0.1) is 18.3 Å². The van der Waals surface area contributed by atoms with Crippen molar-refractivity contribution >= 4 is 28.7 Å². The summed E-state index contributed by atoms with van der Waals surface area (Å²) in [6.07, 6.45) is 0. The predicted octanol–water partition coefficient (Wildman–Crippen LogP) is 4.20. The Bertz CT molecular complexity index is 627. The fourth-order valence-corrected chi connectivity index (χ4v) is 2.72. The number of Topliss-reactive ketones (excluding diaryl/α,β-unsaturated/α-hetero) is 1. The molecule has 1 aromatic heterocycles. The molecule has 2 rings (SSSR count). The average Bonchev–Trinajstić information content (AvgIpc) is 2.77. The summed E-state index contributed by atoms with van der Waals surface area (Å²) in [6.45, 7) is 1.93. The Morgan fingerprint density at radius 2 is 2.17 bits per heavy atom. The summed E-state index contributed by atoms with van der Waals surface area (Å²) in [4.78, 5) is 13.9. The number of carbonyl (C=O) groups excluding carboxylic acids is 1. The molecule has 0 N–H and O–H groups in total. The Balaban J connectivity index is 2.35. The highest BCUT2D eigenvalue weighted by Crippen LogP contribution is 2.26. The molecule has 1 aromatic carbocycles. The lowest BCUT2D eigenvalue weighted by Gasteiger charge is -2.07. The molecule has 0 aliphatic heterocycles. The van der Waals surface area contributed by atoms with Gasteiger partial charge in [0, 0.05) is 9.90 Å². The molecule has 0 spiro atoms. The number of thiophene rings is 1. The number of aryl methyl sites for hydroxylation is 1. The van der Waals surface area contributed by atoms with Crippen LogP contribution in [-0.2, 0) is 0 Å². The normalized spacial score (nSPS) is 11.8. The van der Waals surface area contributed by atoms with Gasteiger partial charge in [0.05, 0.1) is 10.9 Å². The third kappa shape index (κ3) is 2.61. The molecule has 2 aromatic rings. The summed E-state index contributed by atoms with van der Waals surface area (Å²) >= 11 is 7.29. The second-order valence-corrected chi connectivity index (χ2v) is 5.62. The minimum atomic E-state index is -0.790. The van der Waals surface area contributed by atoms with Gasteiger partial charge in [0.15, 0.2) is 5.78 Å². The third-order valence-corrected chi connectivity index (χ3v) is 3.81. The molecule has 18 heavy (non-hydrogen) atoms. The lowest BCUT2D eigenvalue weighted by molar-refractivity contribution is 0.0983. The Morgan fingerprint density at radius 3 is 2.72 bits per heavy atom. The first-order valence-electron chi connectivity index (χ1n) is 5.37. The summed E-state index contributed by atoms with van der Waals surface area (Å²) in [6, 6.07) is 12.6. The number of hydrogen-bond donors (Lipinski definition) is 0. The van der Waals surface area contributed by atoms with Gasteiger partial charge < -0.3 is 0 Å². The minimum Gasteiger partial charge on any atom is -0.291 e. The smallest absolute Gasteiger partial charge is 0.194 e. The monoisotopic (exact) mass is 275 g/mol. The lowest BCUT2D eigenvalue weighted by atomic mass is 9.95. The van der Waals surface area contributed by atoms with Crippen molar-refractivity contribution < 1.29 is 4.79 Å². The molecule has 0 radical (unpaired) electrons. The number of ketones is 1. The van der Waals surface area contributed by atoms with E-state index in [2.05, 4.69) is 6.07 Å². The van der Waals surface area contributed by atoms with Gasteiger partial charge in [-0.3, -0.25) is 4.79 Å². The van der Waals surface area contributed by atoms with E-state index in [1.54, 1.807) is 30.3 Å². The van der Waals surface area contributed by atoms with Crippen molar-refractivity contribution in [1.82, 2.24) is 0 Å². The first-order valence-corrected chi connectivity index (χ1v) is 6.57. The molecule has 1 unspecified atom stereocenters. The van der Waals surface area contributed by atoms with Crippen LogP contribution in [-0.4, -0.2) is 5.78 Å². The van der Waals surface area contributed by atoms with Gasteiger partial charge in [0.1, 0.15) is 5.92 Å². The van der Waals surface area contributed by atoms with Gasteiger partial charge in [0.25, 0.3) is 0 Å². The molecule has 0 saturated heterocycles. The van der Waals surface area contributed by atoms with Gasteiger partial charge in [-0.2, -0.15) is 5.26 Å². The molecule has 1 heterocycles. The van der Waals surface area contributed by atoms with Gasteiger partial charge >= 0.3 is 0 Å². The quantitative estimate of drug-likeness (QED) is 0.788. The average molecular weight is 276 g/mol. The number of nitriles is 1. The largest absolute Gasteiger partial charge is 0.291 e. The minimum absolute atomic E-state index is 0.169. The first kappa shape index (κ1) is 12.8. The summed E-state index contributed by atoms with van der Waals surface area (Å²) in [5, 5.41) is 9.73. The van der Waals surface area contributed by atoms with Gasteiger partial charge in [-0.1, -0.05) is 23.7 Å². The second kappa shape index (κ2) is 5.34. The van der Waals surface area contributed by atoms with Crippen molar-refractivity contribution in [3.63, 3.8) is 0 Å². The Kier molecular flexibility index (Phi) is 3.81. The van der Waals surface area contributed by atoms with Crippen LogP contribution in [0.5, 0.6) is 0 Å². The third-order valence-electron chi connectivity index (χ3n) is 2.56. The predicted molar refractivity (Wildman–Crippen MR) is 73.2 cm³/mol. The van der Waals surface area contributed by atoms with E-state index in [4.69, 9.17) is 11.6 Å². The van der Waals surface area contributed by atoms with Crippen molar-refractivity contribution in [2.24, 2.45) is 0 Å². The topological polar surface area (TPSA) is 40.9 Å². The van der Waals surface area contributed by atoms with Gasteiger partial charge in [0.2, 0.25) is 0 Å². The van der Waals surface area contributed by atoms with E-state index in [9.17, 15) is 10.1 Å². The Hall–Kier alpha value is -1.63. The summed E-state index contributed by atoms with van der Waals surface area (Å²) in [7, 11) is 0. The second-order valence-electron chi connectivity index (χ2n) is 3.89. The number of halogens is 1. The molecule has 0 aliphatic carbocycles. The van der Waals surface area contributed by atoms with Gasteiger partial charge in [-0.05, 0) is 36.8 Å². The zero-order valence-corrected chi connectivity index (χ0v) is 11.3. The number of benzene rings is 1. The molecule has 0 fully saturated rings. The highest BCUT2D eigenvalue weighted by atomic mass is 35.5. The number of hydrogen-bond acceptors (Lipinski definition) is 3. The van der Waals surface area contributed by atoms with Crippen molar-refractivity contribution in [2.75, 3.05) is 0 Å². The number of nitrogens with zero attached hydrogens (tertiary/aromatic N) is 1. The van der Waals surface area contributed by atoms with Crippen molar-refractivity contribution in [1.29, 1.82) is 5.26 Å². The molecule has 0 bridgehead atoms. The summed E-state index contributed by atoms with van der Waals surface area (Å²) in [5.41, 5.74) is 0.640. The van der Waals surface area contributed by atoms with Crippen LogP contribution < -0.4 is 0 Å². The van der Waals surface area contributed by atoms with Crippen LogP contribution in [0.15, 0.2) is 36.4 Å². The summed E-state index contributed by atoms with van der Waals surface area (Å²) < 4.78 is 0. The molecule has 1 atom stereocenters. The van der Waals surface area contributed by atoms with E-state index in [-0.39, 0.29) is 5.78 Å². The van der Waals surface area contributed by atoms with Crippen LogP contribution in [0.25, 0.3) is 0 Å². The molecule has 90 valence electrons. The van der Waals surface area contributed by atoms with E-state index >= 15 is 0 Å². The van der Waals surface area contributed by atoms with Crippen molar-refractivity contribution in [3.05, 3.63) is 56.7 Å². The first-order chi connectivity index (χ1) is 8.61. The Morgan fingerprint density at radius 1 is 1.39 bits per heavy atom. The van der Waals surface area contributed by atoms with Crippen LogP contribution >= 0.6 is 22.9 Å². The number of carbonyl (C=O) groups is 1. The fraction of sp³-hybridized carbons (Fsp3) is 0.143. The maximum Gasteiger partial charge on any atom is 0.194 e. The standard InChI is InChI=1S/C14H10ClNOS/c1-9-5-6-13(18-9)14(17)12(8-16)10-3-2-4-11(15)7-10/h2-7,12H,1H3. The van der Waals surface area contributed by atoms with E-state index in [1.165, 1.54) is 11.3 Å². The zero-order chi connectivity index (χ0) is 13.1. The van der Waals surface area contributed by atoms with Crippen LogP contribution in [0.1, 0.15) is 26.0 Å². The van der Waals surface area contributed by atoms with E-state index in [0.717, 1.165) is 4.88 Å². The van der Waals surface area contributed by atoms with E-state index in [0.29, 0.717) is 15.5 Å². The van der Waals surface area contributed by atoms with E-state index < -0.39 is 5.92 Å². The molecule has 2 nitrogen and oxygen atoms in total. The summed E-state index contributed by atoms with van der Waals surface area (Å²) in [5.74, 6) is -0.959. The molecular weight excluding hydrogens is 266 g/mol. The SMILES string of the molecule is Cc1ccc(C(=O)C(C#N)c2cccc(Cl)c2)s1. The molecule has 0 saturated carbocycles. The fourth-order valence-electron chi connectivity index (χ4n) is 1.68. The lowest BCUT2D eigenvalue weighted by Crippen LogP contribution is -2.09. The number of rotatable bonds is 3. The Labute approximate surface area is 114 Å². The van der Waals surface area contributed by atoms with E-state index in [1.807, 2.05) is 13.0 Å². The van der Waals surface area contributed by atoms with Crippen LogP contribution in [0.2, 0.25) is 5.02 Å². The van der Waals surface area contributed by atoms with Crippen molar-refractivity contribution in [2.45, 2.75) is 12.8 Å². The highest BCUT2D eigenvalue weighted by molar-refractivity contribution is 7.14. The maximum atomic E-state index is 12.2.